The Balaban J connectivity index is 2.11. The van der Waals surface area contributed by atoms with Crippen molar-refractivity contribution in [2.75, 3.05) is 23.4 Å². The Kier molecular flexibility index (Phi) is 4.61. The minimum Gasteiger partial charge on any atom is -0.392 e. The summed E-state index contributed by atoms with van der Waals surface area (Å²) in [6.07, 6.45) is 3.67. The Morgan fingerprint density at radius 2 is 2.04 bits per heavy atom. The lowest BCUT2D eigenvalue weighted by atomic mass is 10.0. The summed E-state index contributed by atoms with van der Waals surface area (Å²) in [5.74, 6) is 0.254. The zero-order valence-corrected chi connectivity index (χ0v) is 15.0. The van der Waals surface area contributed by atoms with Crippen LogP contribution in [0.2, 0.25) is 0 Å². The number of amides is 2. The molecule has 2 aliphatic rings. The Hall–Kier alpha value is -2.63. The van der Waals surface area contributed by atoms with Gasteiger partial charge in [-0.25, -0.2) is 0 Å². The molecule has 0 bridgehead atoms. The molecule has 132 valence electrons. The summed E-state index contributed by atoms with van der Waals surface area (Å²) < 4.78 is 0. The topological polar surface area (TPSA) is 65.0 Å². The van der Waals surface area contributed by atoms with E-state index in [2.05, 4.69) is 17.0 Å². The van der Waals surface area contributed by atoms with Gasteiger partial charge in [0.25, 0.3) is 0 Å². The second-order valence-electron chi connectivity index (χ2n) is 6.64. The fraction of sp³-hybridized carbons (Fsp3) is 0.421. The molecule has 25 heavy (non-hydrogen) atoms. The van der Waals surface area contributed by atoms with Gasteiger partial charge in [-0.1, -0.05) is 6.07 Å². The van der Waals surface area contributed by atoms with Crippen LogP contribution in [0.3, 0.4) is 0 Å². The number of carbonyl (C=O) groups excluding carboxylic acids is 2. The van der Waals surface area contributed by atoms with Gasteiger partial charge in [0, 0.05) is 38.2 Å². The number of benzene rings is 1. The molecular formula is C19H24N4O2. The number of nitrogens with one attached hydrogen (secondary N) is 1. The third-order valence-corrected chi connectivity index (χ3v) is 4.69. The molecule has 0 unspecified atom stereocenters. The molecule has 6 heteroatoms. The van der Waals surface area contributed by atoms with E-state index in [1.54, 1.807) is 25.1 Å². The largest absolute Gasteiger partial charge is 0.392 e. The van der Waals surface area contributed by atoms with Gasteiger partial charge in [0.1, 0.15) is 0 Å². The summed E-state index contributed by atoms with van der Waals surface area (Å²) in [5.41, 5.74) is 3.09. The van der Waals surface area contributed by atoms with Crippen molar-refractivity contribution in [3.8, 4) is 0 Å². The average molecular weight is 340 g/mol. The summed E-state index contributed by atoms with van der Waals surface area (Å²) in [4.78, 5) is 32.6. The molecule has 6 nitrogen and oxygen atoms in total. The number of aliphatic imine (C=N–C) groups is 1. The highest BCUT2D eigenvalue weighted by molar-refractivity contribution is 6.05. The molecule has 1 aliphatic heterocycles. The van der Waals surface area contributed by atoms with Crippen LogP contribution in [0.25, 0.3) is 5.70 Å². The van der Waals surface area contributed by atoms with E-state index in [0.29, 0.717) is 12.2 Å². The van der Waals surface area contributed by atoms with Crippen LogP contribution in [-0.4, -0.2) is 38.2 Å². The zero-order chi connectivity index (χ0) is 18.1. The Morgan fingerprint density at radius 3 is 2.60 bits per heavy atom. The number of fused-ring (bicyclic) bond motifs is 1. The fourth-order valence-electron chi connectivity index (χ4n) is 3.38. The lowest BCUT2D eigenvalue weighted by molar-refractivity contribution is -0.120. The molecule has 1 aliphatic carbocycles. The van der Waals surface area contributed by atoms with E-state index >= 15 is 0 Å². The summed E-state index contributed by atoms with van der Waals surface area (Å²) in [5, 5.41) is 2.95. The lowest BCUT2D eigenvalue weighted by Gasteiger charge is -2.41. The molecular weight excluding hydrogens is 316 g/mol. The molecule has 1 atom stereocenters. The third-order valence-electron chi connectivity index (χ3n) is 4.69. The molecule has 1 N–H and O–H groups in total. The van der Waals surface area contributed by atoms with Gasteiger partial charge in [0.15, 0.2) is 0 Å². The molecule has 1 fully saturated rings. The van der Waals surface area contributed by atoms with Crippen molar-refractivity contribution in [1.82, 2.24) is 5.32 Å². The minimum absolute atomic E-state index is 0.0205. The van der Waals surface area contributed by atoms with E-state index in [-0.39, 0.29) is 23.8 Å². The molecule has 0 spiro atoms. The van der Waals surface area contributed by atoms with Gasteiger partial charge >= 0.3 is 0 Å². The maximum Gasteiger partial charge on any atom is 0.230 e. The Morgan fingerprint density at radius 1 is 1.32 bits per heavy atom. The SMILES string of the molecule is C=N/C(=C\NC)c1ccc2c(c1)N(C(=O)C1CC1)C[C@H](C)N2C(C)=O. The highest BCUT2D eigenvalue weighted by Crippen LogP contribution is 2.41. The molecule has 1 aromatic rings. The van der Waals surface area contributed by atoms with Crippen LogP contribution in [0.4, 0.5) is 11.4 Å². The smallest absolute Gasteiger partial charge is 0.230 e. The van der Waals surface area contributed by atoms with E-state index in [0.717, 1.165) is 29.8 Å². The number of hydrogen-bond donors (Lipinski definition) is 1. The summed E-state index contributed by atoms with van der Waals surface area (Å²) in [6, 6.07) is 5.67. The number of rotatable bonds is 4. The van der Waals surface area contributed by atoms with Crippen LogP contribution >= 0.6 is 0 Å². The normalized spacial score (nSPS) is 20.1. The molecule has 2 amide bonds. The van der Waals surface area contributed by atoms with E-state index in [4.69, 9.17) is 0 Å². The van der Waals surface area contributed by atoms with Crippen molar-refractivity contribution in [3.63, 3.8) is 0 Å². The van der Waals surface area contributed by atoms with Crippen molar-refractivity contribution in [2.45, 2.75) is 32.7 Å². The Bertz CT molecular complexity index is 752. The molecule has 1 aromatic carbocycles. The van der Waals surface area contributed by atoms with E-state index in [9.17, 15) is 9.59 Å². The second-order valence-corrected chi connectivity index (χ2v) is 6.64. The Labute approximate surface area is 148 Å². The van der Waals surface area contributed by atoms with E-state index < -0.39 is 0 Å². The first kappa shape index (κ1) is 17.2. The highest BCUT2D eigenvalue weighted by Gasteiger charge is 2.39. The van der Waals surface area contributed by atoms with Gasteiger partial charge in [-0.15, -0.1) is 0 Å². The molecule has 0 aromatic heterocycles. The predicted octanol–water partition coefficient (Wildman–Crippen LogP) is 2.40. The van der Waals surface area contributed by atoms with Crippen LogP contribution in [-0.2, 0) is 9.59 Å². The lowest BCUT2D eigenvalue weighted by Crippen LogP contribution is -2.51. The van der Waals surface area contributed by atoms with Crippen molar-refractivity contribution in [1.29, 1.82) is 0 Å². The second kappa shape index (κ2) is 6.70. The van der Waals surface area contributed by atoms with Gasteiger partial charge in [-0.2, -0.15) is 0 Å². The van der Waals surface area contributed by atoms with Crippen LogP contribution < -0.4 is 15.1 Å². The number of anilines is 2. The van der Waals surface area contributed by atoms with Crippen LogP contribution in [0.1, 0.15) is 32.3 Å². The standard InChI is InChI=1S/C19H24N4O2/c1-12-11-22(19(25)14-5-6-14)18-9-15(16(21-4)10-20-3)7-8-17(18)23(12)13(2)24/h7-10,12,14,20H,4-6,11H2,1-3H3/b16-10-/t12-/m0/s1. The van der Waals surface area contributed by atoms with Crippen molar-refractivity contribution in [3.05, 3.63) is 30.0 Å². The van der Waals surface area contributed by atoms with Gasteiger partial charge in [0.05, 0.1) is 23.1 Å². The van der Waals surface area contributed by atoms with Crippen LogP contribution in [0.15, 0.2) is 29.4 Å². The van der Waals surface area contributed by atoms with Crippen molar-refractivity contribution >= 4 is 35.6 Å². The minimum atomic E-state index is -0.0524. The number of hydrogen-bond acceptors (Lipinski definition) is 4. The summed E-state index contributed by atoms with van der Waals surface area (Å²) in [7, 11) is 1.80. The van der Waals surface area contributed by atoms with Gasteiger partial charge in [0.2, 0.25) is 11.8 Å². The fourth-order valence-corrected chi connectivity index (χ4v) is 3.38. The molecule has 1 saturated carbocycles. The highest BCUT2D eigenvalue weighted by atomic mass is 16.2. The number of carbonyl (C=O) groups is 2. The molecule has 1 heterocycles. The molecule has 0 saturated heterocycles. The van der Waals surface area contributed by atoms with Gasteiger partial charge in [-0.05, 0) is 38.6 Å². The van der Waals surface area contributed by atoms with Gasteiger partial charge in [-0.3, -0.25) is 14.6 Å². The van der Waals surface area contributed by atoms with E-state index in [1.807, 2.05) is 30.0 Å². The average Bonchev–Trinajstić information content (AvgIpc) is 3.42. The first-order valence-electron chi connectivity index (χ1n) is 8.57. The van der Waals surface area contributed by atoms with Crippen molar-refractivity contribution in [2.24, 2.45) is 10.9 Å². The maximum absolute atomic E-state index is 12.8. The van der Waals surface area contributed by atoms with Crippen molar-refractivity contribution < 1.29 is 9.59 Å². The predicted molar refractivity (Wildman–Crippen MR) is 101 cm³/mol. The maximum atomic E-state index is 12.8. The molecule has 0 radical (unpaired) electrons. The first-order chi connectivity index (χ1) is 12.0. The quantitative estimate of drug-likeness (QED) is 0.856. The van der Waals surface area contributed by atoms with E-state index in [1.165, 1.54) is 0 Å². The zero-order valence-electron chi connectivity index (χ0n) is 15.0. The van der Waals surface area contributed by atoms with Crippen LogP contribution in [0, 0.1) is 5.92 Å². The monoisotopic (exact) mass is 340 g/mol. The van der Waals surface area contributed by atoms with Crippen LogP contribution in [0.5, 0.6) is 0 Å². The van der Waals surface area contributed by atoms with Gasteiger partial charge < -0.3 is 15.1 Å². The molecule has 3 rings (SSSR count). The summed E-state index contributed by atoms with van der Waals surface area (Å²) >= 11 is 0. The number of nitrogens with zero attached hydrogens (tertiary/aromatic N) is 3. The first-order valence-corrected chi connectivity index (χ1v) is 8.57. The summed E-state index contributed by atoms with van der Waals surface area (Å²) in [6.45, 7) is 7.66. The third kappa shape index (κ3) is 3.16.